The van der Waals surface area contributed by atoms with E-state index < -0.39 is 4.92 Å². The van der Waals surface area contributed by atoms with Crippen LogP contribution < -0.4 is 0 Å². The number of aromatic nitrogens is 2. The monoisotopic (exact) mass is 261 g/mol. The fourth-order valence-electron chi connectivity index (χ4n) is 1.35. The van der Waals surface area contributed by atoms with Gasteiger partial charge in [-0.05, 0) is 23.3 Å². The summed E-state index contributed by atoms with van der Waals surface area (Å²) in [7, 11) is 0. The van der Waals surface area contributed by atoms with Crippen molar-refractivity contribution < 1.29 is 4.92 Å². The zero-order valence-electron chi connectivity index (χ0n) is 9.15. The van der Waals surface area contributed by atoms with Crippen molar-refractivity contribution in [2.75, 3.05) is 0 Å². The maximum Gasteiger partial charge on any atom is 0.270 e. The molecule has 0 aliphatic rings. The molecule has 90 valence electrons. The van der Waals surface area contributed by atoms with Crippen LogP contribution in [0.15, 0.2) is 36.7 Å². The quantitative estimate of drug-likeness (QED) is 0.628. The zero-order chi connectivity index (χ0) is 13.0. The SMILES string of the molecule is O=[N+]([O-])c1ccc(/C=C/c2ccnnc2)c(Cl)c1. The molecular weight excluding hydrogens is 254 g/mol. The maximum atomic E-state index is 10.6. The molecular formula is C12H8ClN3O2. The third kappa shape index (κ3) is 2.89. The molecule has 0 fully saturated rings. The highest BCUT2D eigenvalue weighted by Crippen LogP contribution is 2.23. The van der Waals surface area contributed by atoms with Gasteiger partial charge in [-0.15, -0.1) is 0 Å². The Balaban J connectivity index is 2.25. The lowest BCUT2D eigenvalue weighted by Gasteiger charge is -1.98. The van der Waals surface area contributed by atoms with Crippen LogP contribution in [-0.2, 0) is 0 Å². The number of non-ortho nitro benzene ring substituents is 1. The topological polar surface area (TPSA) is 68.9 Å². The Morgan fingerprint density at radius 1 is 1.22 bits per heavy atom. The number of nitro groups is 1. The molecule has 1 aromatic heterocycles. The minimum Gasteiger partial charge on any atom is -0.258 e. The number of benzene rings is 1. The van der Waals surface area contributed by atoms with E-state index in [1.807, 2.05) is 6.08 Å². The summed E-state index contributed by atoms with van der Waals surface area (Å²) in [6.07, 6.45) is 6.76. The summed E-state index contributed by atoms with van der Waals surface area (Å²) in [5.41, 5.74) is 1.56. The molecule has 18 heavy (non-hydrogen) atoms. The Morgan fingerprint density at radius 2 is 2.06 bits per heavy atom. The largest absolute Gasteiger partial charge is 0.270 e. The van der Waals surface area contributed by atoms with Crippen LogP contribution in [0.2, 0.25) is 5.02 Å². The van der Waals surface area contributed by atoms with E-state index in [1.54, 1.807) is 30.6 Å². The Labute approximate surface area is 108 Å². The van der Waals surface area contributed by atoms with Crippen molar-refractivity contribution in [3.05, 3.63) is 62.9 Å². The molecule has 0 unspecified atom stereocenters. The van der Waals surface area contributed by atoms with Gasteiger partial charge in [0.25, 0.3) is 5.69 Å². The van der Waals surface area contributed by atoms with Gasteiger partial charge in [0.05, 0.1) is 22.3 Å². The minimum absolute atomic E-state index is 0.0253. The summed E-state index contributed by atoms with van der Waals surface area (Å²) in [6, 6.07) is 6.14. The first-order chi connectivity index (χ1) is 8.66. The van der Waals surface area contributed by atoms with Gasteiger partial charge in [0, 0.05) is 12.1 Å². The van der Waals surface area contributed by atoms with Crippen LogP contribution in [0.4, 0.5) is 5.69 Å². The van der Waals surface area contributed by atoms with Crippen molar-refractivity contribution in [1.29, 1.82) is 0 Å². The average molecular weight is 262 g/mol. The third-order valence-electron chi connectivity index (χ3n) is 2.26. The van der Waals surface area contributed by atoms with Gasteiger partial charge in [0.15, 0.2) is 0 Å². The number of hydrogen-bond donors (Lipinski definition) is 0. The van der Waals surface area contributed by atoms with Crippen LogP contribution in [-0.4, -0.2) is 15.1 Å². The first-order valence-electron chi connectivity index (χ1n) is 5.05. The van der Waals surface area contributed by atoms with E-state index in [2.05, 4.69) is 10.2 Å². The molecule has 0 spiro atoms. The van der Waals surface area contributed by atoms with Gasteiger partial charge in [-0.25, -0.2) is 0 Å². The first kappa shape index (κ1) is 12.2. The molecule has 0 saturated carbocycles. The number of hydrogen-bond acceptors (Lipinski definition) is 4. The number of nitrogens with zero attached hydrogens (tertiary/aromatic N) is 3. The van der Waals surface area contributed by atoms with Crippen LogP contribution in [0, 0.1) is 10.1 Å². The van der Waals surface area contributed by atoms with Gasteiger partial charge < -0.3 is 0 Å². The van der Waals surface area contributed by atoms with Gasteiger partial charge in [0.1, 0.15) is 0 Å². The van der Waals surface area contributed by atoms with Gasteiger partial charge in [-0.3, -0.25) is 10.1 Å². The summed E-state index contributed by atoms with van der Waals surface area (Å²) in [6.45, 7) is 0. The summed E-state index contributed by atoms with van der Waals surface area (Å²) >= 11 is 5.96. The van der Waals surface area contributed by atoms with Gasteiger partial charge in [-0.1, -0.05) is 23.8 Å². The molecule has 0 amide bonds. The Morgan fingerprint density at radius 3 is 2.67 bits per heavy atom. The second kappa shape index (κ2) is 5.37. The molecule has 0 radical (unpaired) electrons. The van der Waals surface area contributed by atoms with Gasteiger partial charge in [0.2, 0.25) is 0 Å². The summed E-state index contributed by atoms with van der Waals surface area (Å²) in [5.74, 6) is 0. The van der Waals surface area contributed by atoms with E-state index in [9.17, 15) is 10.1 Å². The lowest BCUT2D eigenvalue weighted by molar-refractivity contribution is -0.384. The molecule has 0 N–H and O–H groups in total. The fraction of sp³-hybridized carbons (Fsp3) is 0. The van der Waals surface area contributed by atoms with Crippen LogP contribution in [0.25, 0.3) is 12.2 Å². The van der Waals surface area contributed by atoms with E-state index in [0.29, 0.717) is 10.6 Å². The summed E-state index contributed by atoms with van der Waals surface area (Å²) in [5, 5.41) is 18.3. The van der Waals surface area contributed by atoms with Crippen molar-refractivity contribution in [2.45, 2.75) is 0 Å². The second-order valence-electron chi connectivity index (χ2n) is 3.47. The maximum absolute atomic E-state index is 10.6. The van der Waals surface area contributed by atoms with Crippen LogP contribution in [0.3, 0.4) is 0 Å². The molecule has 1 heterocycles. The van der Waals surface area contributed by atoms with E-state index >= 15 is 0 Å². The highest BCUT2D eigenvalue weighted by Gasteiger charge is 2.07. The van der Waals surface area contributed by atoms with Crippen molar-refractivity contribution in [3.63, 3.8) is 0 Å². The molecule has 0 atom stereocenters. The molecule has 0 saturated heterocycles. The van der Waals surface area contributed by atoms with E-state index in [1.165, 1.54) is 12.1 Å². The fourth-order valence-corrected chi connectivity index (χ4v) is 1.59. The van der Waals surface area contributed by atoms with Crippen LogP contribution in [0.1, 0.15) is 11.1 Å². The Hall–Kier alpha value is -2.27. The highest BCUT2D eigenvalue weighted by molar-refractivity contribution is 6.32. The van der Waals surface area contributed by atoms with Crippen LogP contribution in [0.5, 0.6) is 0 Å². The first-order valence-corrected chi connectivity index (χ1v) is 5.43. The van der Waals surface area contributed by atoms with E-state index in [4.69, 9.17) is 11.6 Å². The van der Waals surface area contributed by atoms with Crippen molar-refractivity contribution in [1.82, 2.24) is 10.2 Å². The molecule has 5 nitrogen and oxygen atoms in total. The van der Waals surface area contributed by atoms with Crippen molar-refractivity contribution >= 4 is 29.4 Å². The van der Waals surface area contributed by atoms with Crippen molar-refractivity contribution in [3.8, 4) is 0 Å². The van der Waals surface area contributed by atoms with Gasteiger partial charge in [-0.2, -0.15) is 10.2 Å². The summed E-state index contributed by atoms with van der Waals surface area (Å²) < 4.78 is 0. The van der Waals surface area contributed by atoms with E-state index in [-0.39, 0.29) is 5.69 Å². The average Bonchev–Trinajstić information content (AvgIpc) is 2.38. The molecule has 2 aromatic rings. The standard InChI is InChI=1S/C12H8ClN3O2/c13-12-7-11(16(17)18)4-3-10(12)2-1-9-5-6-14-15-8-9/h1-8H/b2-1+. The molecule has 0 aliphatic heterocycles. The van der Waals surface area contributed by atoms with Crippen LogP contribution >= 0.6 is 11.6 Å². The Kier molecular flexibility index (Phi) is 3.64. The lowest BCUT2D eigenvalue weighted by Crippen LogP contribution is -1.88. The van der Waals surface area contributed by atoms with Crippen molar-refractivity contribution in [2.24, 2.45) is 0 Å². The minimum atomic E-state index is -0.480. The molecule has 0 aliphatic carbocycles. The number of halogens is 1. The molecule has 1 aromatic carbocycles. The third-order valence-corrected chi connectivity index (χ3v) is 2.58. The molecule has 2 rings (SSSR count). The summed E-state index contributed by atoms with van der Waals surface area (Å²) in [4.78, 5) is 10.1. The second-order valence-corrected chi connectivity index (χ2v) is 3.88. The highest BCUT2D eigenvalue weighted by atomic mass is 35.5. The smallest absolute Gasteiger partial charge is 0.258 e. The predicted molar refractivity (Wildman–Crippen MR) is 69.1 cm³/mol. The predicted octanol–water partition coefficient (Wildman–Crippen LogP) is 3.21. The van der Waals surface area contributed by atoms with E-state index in [0.717, 1.165) is 5.56 Å². The lowest BCUT2D eigenvalue weighted by atomic mass is 10.1. The number of rotatable bonds is 3. The number of nitro benzene ring substituents is 1. The Bertz CT molecular complexity index is 600. The van der Waals surface area contributed by atoms with Gasteiger partial charge >= 0.3 is 0 Å². The molecule has 0 bridgehead atoms. The normalized spacial score (nSPS) is 10.7. The zero-order valence-corrected chi connectivity index (χ0v) is 9.91. The molecule has 6 heteroatoms.